The first-order valence-electron chi connectivity index (χ1n) is 9.10. The lowest BCUT2D eigenvalue weighted by atomic mass is 9.76. The normalized spacial score (nSPS) is 22.2. The first-order valence-corrected chi connectivity index (χ1v) is 9.10. The Labute approximate surface area is 148 Å². The third-order valence-corrected chi connectivity index (χ3v) is 5.59. The molecule has 130 valence electrons. The van der Waals surface area contributed by atoms with Gasteiger partial charge in [-0.3, -0.25) is 9.78 Å². The van der Waals surface area contributed by atoms with E-state index in [4.69, 9.17) is 4.74 Å². The van der Waals surface area contributed by atoms with Gasteiger partial charge < -0.3 is 9.64 Å². The van der Waals surface area contributed by atoms with Crippen molar-refractivity contribution in [3.63, 3.8) is 0 Å². The lowest BCUT2D eigenvalue weighted by Gasteiger charge is -2.38. The number of rotatable bonds is 3. The van der Waals surface area contributed by atoms with Gasteiger partial charge in [-0.25, -0.2) is 0 Å². The molecule has 2 aromatic rings. The third-order valence-electron chi connectivity index (χ3n) is 5.59. The van der Waals surface area contributed by atoms with Crippen LogP contribution in [0.3, 0.4) is 0 Å². The molecule has 0 unspecified atom stereocenters. The largest absolute Gasteiger partial charge is 0.377 e. The van der Waals surface area contributed by atoms with Crippen LogP contribution in [-0.2, 0) is 11.2 Å². The molecule has 4 nitrogen and oxygen atoms in total. The van der Waals surface area contributed by atoms with Crippen LogP contribution in [0, 0.1) is 5.41 Å². The molecule has 2 saturated heterocycles. The van der Waals surface area contributed by atoms with Crippen LogP contribution in [0.2, 0.25) is 0 Å². The van der Waals surface area contributed by atoms with E-state index in [0.717, 1.165) is 45.4 Å². The number of hydrogen-bond donors (Lipinski definition) is 0. The summed E-state index contributed by atoms with van der Waals surface area (Å²) in [6.45, 7) is 2.43. The zero-order valence-electron chi connectivity index (χ0n) is 14.4. The van der Waals surface area contributed by atoms with Gasteiger partial charge in [-0.1, -0.05) is 36.4 Å². The number of piperidine rings is 1. The highest BCUT2D eigenvalue weighted by molar-refractivity contribution is 5.92. The number of hydrogen-bond acceptors (Lipinski definition) is 3. The van der Waals surface area contributed by atoms with Gasteiger partial charge in [0.25, 0.3) is 5.91 Å². The van der Waals surface area contributed by atoms with Gasteiger partial charge in [0.1, 0.15) is 5.69 Å². The smallest absolute Gasteiger partial charge is 0.272 e. The topological polar surface area (TPSA) is 42.4 Å². The van der Waals surface area contributed by atoms with Gasteiger partial charge in [0, 0.05) is 19.3 Å². The summed E-state index contributed by atoms with van der Waals surface area (Å²) in [6.07, 6.45) is 6.12. The Hall–Kier alpha value is -2.20. The second kappa shape index (κ2) is 6.96. The van der Waals surface area contributed by atoms with Crippen LogP contribution < -0.4 is 0 Å². The van der Waals surface area contributed by atoms with E-state index in [2.05, 4.69) is 35.3 Å². The molecular formula is C21H24N2O2. The third kappa shape index (κ3) is 3.59. The summed E-state index contributed by atoms with van der Waals surface area (Å²) >= 11 is 0. The van der Waals surface area contributed by atoms with Crippen molar-refractivity contribution in [2.24, 2.45) is 5.41 Å². The lowest BCUT2D eigenvalue weighted by molar-refractivity contribution is 0.0492. The van der Waals surface area contributed by atoms with Crippen LogP contribution in [0.5, 0.6) is 0 Å². The van der Waals surface area contributed by atoms with Crippen molar-refractivity contribution >= 4 is 5.91 Å². The Morgan fingerprint density at radius 2 is 1.88 bits per heavy atom. The quantitative estimate of drug-likeness (QED) is 0.863. The van der Waals surface area contributed by atoms with E-state index < -0.39 is 0 Å². The average Bonchev–Trinajstić information content (AvgIpc) is 3.05. The van der Waals surface area contributed by atoms with Gasteiger partial charge in [-0.05, 0) is 48.8 Å². The highest BCUT2D eigenvalue weighted by Crippen LogP contribution is 2.42. The molecule has 1 atom stereocenters. The van der Waals surface area contributed by atoms with Crippen molar-refractivity contribution in [2.45, 2.75) is 31.8 Å². The molecule has 1 amide bonds. The van der Waals surface area contributed by atoms with Gasteiger partial charge in [-0.15, -0.1) is 0 Å². The maximum absolute atomic E-state index is 12.5. The van der Waals surface area contributed by atoms with E-state index >= 15 is 0 Å². The van der Waals surface area contributed by atoms with Gasteiger partial charge in [0.15, 0.2) is 0 Å². The maximum Gasteiger partial charge on any atom is 0.272 e. The van der Waals surface area contributed by atoms with Crippen molar-refractivity contribution < 1.29 is 9.53 Å². The van der Waals surface area contributed by atoms with Crippen LogP contribution >= 0.6 is 0 Å². The van der Waals surface area contributed by atoms with E-state index in [1.165, 1.54) is 5.56 Å². The fraction of sp³-hybridized carbons (Fsp3) is 0.429. The molecule has 0 radical (unpaired) electrons. The first-order chi connectivity index (χ1) is 12.2. The summed E-state index contributed by atoms with van der Waals surface area (Å²) in [5.41, 5.74) is 2.13. The molecule has 4 rings (SSSR count). The molecule has 0 aliphatic carbocycles. The van der Waals surface area contributed by atoms with E-state index in [1.807, 2.05) is 17.0 Å². The van der Waals surface area contributed by atoms with Crippen molar-refractivity contribution in [2.75, 3.05) is 19.7 Å². The summed E-state index contributed by atoms with van der Waals surface area (Å²) in [5, 5.41) is 0. The molecule has 0 saturated carbocycles. The van der Waals surface area contributed by atoms with Crippen molar-refractivity contribution in [1.29, 1.82) is 0 Å². The van der Waals surface area contributed by atoms with Crippen LogP contribution in [0.15, 0.2) is 54.7 Å². The second-order valence-electron chi connectivity index (χ2n) is 7.33. The second-order valence-corrected chi connectivity index (χ2v) is 7.33. The zero-order chi connectivity index (χ0) is 17.1. The summed E-state index contributed by atoms with van der Waals surface area (Å²) in [5.74, 6) is 0.0511. The summed E-state index contributed by atoms with van der Waals surface area (Å²) in [6, 6.07) is 16.1. The molecule has 2 aliphatic heterocycles. The van der Waals surface area contributed by atoms with Gasteiger partial charge in [0.05, 0.1) is 12.7 Å². The monoisotopic (exact) mass is 336 g/mol. The van der Waals surface area contributed by atoms with E-state index in [-0.39, 0.29) is 11.3 Å². The number of ether oxygens (including phenoxy) is 1. The number of carbonyl (C=O) groups excluding carboxylic acids is 1. The van der Waals surface area contributed by atoms with E-state index in [1.54, 1.807) is 12.3 Å². The number of carbonyl (C=O) groups is 1. The van der Waals surface area contributed by atoms with Gasteiger partial charge in [-0.2, -0.15) is 0 Å². The van der Waals surface area contributed by atoms with Crippen LogP contribution in [0.25, 0.3) is 0 Å². The van der Waals surface area contributed by atoms with E-state index in [0.29, 0.717) is 11.8 Å². The number of pyridine rings is 1. The van der Waals surface area contributed by atoms with Crippen molar-refractivity contribution in [1.82, 2.24) is 9.88 Å². The highest BCUT2D eigenvalue weighted by Gasteiger charge is 2.43. The van der Waals surface area contributed by atoms with Crippen LogP contribution in [-0.4, -0.2) is 41.6 Å². The zero-order valence-corrected chi connectivity index (χ0v) is 14.4. The van der Waals surface area contributed by atoms with Gasteiger partial charge in [0.2, 0.25) is 0 Å². The van der Waals surface area contributed by atoms with Crippen LogP contribution in [0.1, 0.15) is 35.3 Å². The molecule has 25 heavy (non-hydrogen) atoms. The van der Waals surface area contributed by atoms with E-state index in [9.17, 15) is 4.79 Å². The van der Waals surface area contributed by atoms with Crippen molar-refractivity contribution in [3.05, 3.63) is 66.0 Å². The Balaban J connectivity index is 1.33. The molecule has 1 aromatic heterocycles. The Morgan fingerprint density at radius 3 is 2.60 bits per heavy atom. The predicted octanol–water partition coefficient (Wildman–Crippen LogP) is 3.34. The average molecular weight is 336 g/mol. The number of nitrogens with zero attached hydrogens (tertiary/aromatic N) is 2. The molecule has 0 bridgehead atoms. The molecule has 1 spiro atoms. The number of amides is 1. The summed E-state index contributed by atoms with van der Waals surface area (Å²) < 4.78 is 6.11. The molecule has 2 aliphatic rings. The first kappa shape index (κ1) is 16.3. The Kier molecular flexibility index (Phi) is 4.53. The lowest BCUT2D eigenvalue weighted by Crippen LogP contribution is -2.43. The maximum atomic E-state index is 12.5. The fourth-order valence-electron chi connectivity index (χ4n) is 4.09. The predicted molar refractivity (Wildman–Crippen MR) is 96.3 cm³/mol. The summed E-state index contributed by atoms with van der Waals surface area (Å²) in [4.78, 5) is 18.7. The minimum Gasteiger partial charge on any atom is -0.377 e. The standard InChI is InChI=1S/C21H24N2O2/c24-20(19-8-4-5-11-22-19)23-12-9-21(10-13-23)15-18(25-16-21)14-17-6-2-1-3-7-17/h1-8,11,18H,9-10,12-16H2/t18-/m0/s1. The molecule has 4 heteroatoms. The Bertz CT molecular complexity index is 709. The van der Waals surface area contributed by atoms with Crippen molar-refractivity contribution in [3.8, 4) is 0 Å². The minimum absolute atomic E-state index is 0.0511. The fourth-order valence-corrected chi connectivity index (χ4v) is 4.09. The molecular weight excluding hydrogens is 312 g/mol. The SMILES string of the molecule is O=C(c1ccccn1)N1CCC2(CC1)CO[C@@H](Cc1ccccc1)C2. The minimum atomic E-state index is 0.0511. The summed E-state index contributed by atoms with van der Waals surface area (Å²) in [7, 11) is 0. The van der Waals surface area contributed by atoms with Crippen LogP contribution in [0.4, 0.5) is 0 Å². The number of likely N-dealkylation sites (tertiary alicyclic amines) is 1. The molecule has 3 heterocycles. The number of aromatic nitrogens is 1. The molecule has 1 aromatic carbocycles. The van der Waals surface area contributed by atoms with Gasteiger partial charge >= 0.3 is 0 Å². The number of benzene rings is 1. The Morgan fingerprint density at radius 1 is 1.12 bits per heavy atom. The molecule has 0 N–H and O–H groups in total. The highest BCUT2D eigenvalue weighted by atomic mass is 16.5. The molecule has 2 fully saturated rings.